The highest BCUT2D eigenvalue weighted by Gasteiger charge is 2.26. The number of benzene rings is 2. The number of aromatic amines is 1. The molecule has 8 nitrogen and oxygen atoms in total. The van der Waals surface area contributed by atoms with Crippen LogP contribution in [0.3, 0.4) is 0 Å². The van der Waals surface area contributed by atoms with E-state index in [0.29, 0.717) is 17.7 Å². The summed E-state index contributed by atoms with van der Waals surface area (Å²) >= 11 is 0. The van der Waals surface area contributed by atoms with Crippen molar-refractivity contribution in [1.29, 1.82) is 0 Å². The third-order valence-corrected chi connectivity index (χ3v) is 4.76. The number of allylic oxidation sites excluding steroid dienone is 1. The third-order valence-electron chi connectivity index (χ3n) is 4.76. The lowest BCUT2D eigenvalue weighted by Crippen LogP contribution is -2.39. The molecule has 0 saturated heterocycles. The molecular formula is C21H18N2O6. The second kappa shape index (κ2) is 7.67. The van der Waals surface area contributed by atoms with Crippen molar-refractivity contribution in [3.05, 3.63) is 92.5 Å². The average molecular weight is 394 g/mol. The largest absolute Gasteiger partial charge is 0.465 e. The van der Waals surface area contributed by atoms with E-state index in [4.69, 9.17) is 14.2 Å². The van der Waals surface area contributed by atoms with Crippen molar-refractivity contribution in [2.45, 2.75) is 12.5 Å². The van der Waals surface area contributed by atoms with Gasteiger partial charge in [0.15, 0.2) is 5.76 Å². The number of hydrogen-bond acceptors (Lipinski definition) is 6. The molecule has 1 unspecified atom stereocenters. The lowest BCUT2D eigenvalue weighted by atomic mass is 10.0. The predicted octanol–water partition coefficient (Wildman–Crippen LogP) is 2.11. The molecule has 1 aliphatic heterocycles. The van der Waals surface area contributed by atoms with E-state index in [9.17, 15) is 14.4 Å². The molecule has 4 rings (SSSR count). The molecule has 29 heavy (non-hydrogen) atoms. The van der Waals surface area contributed by atoms with Gasteiger partial charge in [-0.15, -0.1) is 0 Å². The number of nitrogens with zero attached hydrogens (tertiary/aromatic N) is 1. The standard InChI is InChI=1S/C21H18N2O6/c1-27-20(25)14-7-8-16-15(10-14)19(24)23(21(26)22-16)17(18-11-28-12-29-18)9-13-5-3-2-4-6-13/h2-8,10-11,17H,9,12H2,1H3,(H,22,26). The highest BCUT2D eigenvalue weighted by molar-refractivity contribution is 5.94. The number of nitrogens with one attached hydrogen (secondary N) is 1. The Kier molecular flexibility index (Phi) is 4.90. The molecule has 148 valence electrons. The zero-order valence-electron chi connectivity index (χ0n) is 15.6. The quantitative estimate of drug-likeness (QED) is 0.666. The molecule has 1 atom stereocenters. The Labute approximate surface area is 165 Å². The van der Waals surface area contributed by atoms with Gasteiger partial charge in [-0.25, -0.2) is 14.2 Å². The molecule has 0 aliphatic carbocycles. The summed E-state index contributed by atoms with van der Waals surface area (Å²) in [6.07, 6.45) is 1.76. The van der Waals surface area contributed by atoms with E-state index >= 15 is 0 Å². The number of carbonyl (C=O) groups is 1. The number of H-pyrrole nitrogens is 1. The van der Waals surface area contributed by atoms with Crippen LogP contribution >= 0.6 is 0 Å². The molecule has 0 amide bonds. The SMILES string of the molecule is COC(=O)c1ccc2[nH]c(=O)n(C(Cc3ccccc3)C3=COCO3)c(=O)c2c1. The summed E-state index contributed by atoms with van der Waals surface area (Å²) in [5.74, 6) is -0.190. The van der Waals surface area contributed by atoms with Crippen molar-refractivity contribution in [3.8, 4) is 0 Å². The molecule has 0 bridgehead atoms. The minimum atomic E-state index is -0.706. The fourth-order valence-corrected chi connectivity index (χ4v) is 3.34. The minimum Gasteiger partial charge on any atom is -0.465 e. The first-order valence-electron chi connectivity index (χ1n) is 8.94. The van der Waals surface area contributed by atoms with Crippen LogP contribution in [0.15, 0.2) is 70.1 Å². The molecule has 0 spiro atoms. The number of fused-ring (bicyclic) bond motifs is 1. The number of hydrogen-bond donors (Lipinski definition) is 1. The van der Waals surface area contributed by atoms with E-state index in [1.807, 2.05) is 30.3 Å². The Morgan fingerprint density at radius 3 is 2.69 bits per heavy atom. The fraction of sp³-hybridized carbons (Fsp3) is 0.190. The average Bonchev–Trinajstić information content (AvgIpc) is 3.27. The number of rotatable bonds is 5. The molecule has 0 fully saturated rings. The van der Waals surface area contributed by atoms with Gasteiger partial charge in [-0.3, -0.25) is 4.79 Å². The summed E-state index contributed by atoms with van der Waals surface area (Å²) in [6, 6.07) is 13.2. The van der Waals surface area contributed by atoms with Gasteiger partial charge in [-0.2, -0.15) is 0 Å². The summed E-state index contributed by atoms with van der Waals surface area (Å²) in [5, 5.41) is 0.199. The molecule has 1 N–H and O–H groups in total. The van der Waals surface area contributed by atoms with Gasteiger partial charge < -0.3 is 19.2 Å². The summed E-state index contributed by atoms with van der Waals surface area (Å²) in [5.41, 5.74) is 0.357. The van der Waals surface area contributed by atoms with E-state index < -0.39 is 23.3 Å². The van der Waals surface area contributed by atoms with Gasteiger partial charge in [0.05, 0.1) is 23.6 Å². The second-order valence-corrected chi connectivity index (χ2v) is 6.51. The normalized spacial score (nSPS) is 14.0. The van der Waals surface area contributed by atoms with Gasteiger partial charge in [0.25, 0.3) is 5.56 Å². The number of carbonyl (C=O) groups excluding carboxylic acids is 1. The maximum atomic E-state index is 13.3. The zero-order chi connectivity index (χ0) is 20.4. The van der Waals surface area contributed by atoms with Crippen LogP contribution in [0.25, 0.3) is 10.9 Å². The molecular weight excluding hydrogens is 376 g/mol. The van der Waals surface area contributed by atoms with Crippen molar-refractivity contribution < 1.29 is 19.0 Å². The third kappa shape index (κ3) is 3.52. The number of aromatic nitrogens is 2. The topological polar surface area (TPSA) is 99.6 Å². The van der Waals surface area contributed by atoms with Gasteiger partial charge in [-0.1, -0.05) is 30.3 Å². The Morgan fingerprint density at radius 2 is 2.00 bits per heavy atom. The molecule has 1 aromatic heterocycles. The van der Waals surface area contributed by atoms with Gasteiger partial charge in [-0.05, 0) is 23.8 Å². The summed E-state index contributed by atoms with van der Waals surface area (Å²) in [4.78, 5) is 40.6. The fourth-order valence-electron chi connectivity index (χ4n) is 3.34. The van der Waals surface area contributed by atoms with E-state index in [1.54, 1.807) is 0 Å². The maximum absolute atomic E-state index is 13.3. The van der Waals surface area contributed by atoms with Gasteiger partial charge in [0.2, 0.25) is 6.79 Å². The molecule has 0 radical (unpaired) electrons. The first-order valence-corrected chi connectivity index (χ1v) is 8.94. The van der Waals surface area contributed by atoms with Crippen LogP contribution in [-0.2, 0) is 20.6 Å². The van der Waals surface area contributed by atoms with Gasteiger partial charge in [0, 0.05) is 6.42 Å². The van der Waals surface area contributed by atoms with E-state index in [-0.39, 0.29) is 17.7 Å². The highest BCUT2D eigenvalue weighted by atomic mass is 16.7. The van der Waals surface area contributed by atoms with E-state index in [2.05, 4.69) is 4.98 Å². The van der Waals surface area contributed by atoms with Crippen LogP contribution in [0.4, 0.5) is 0 Å². The van der Waals surface area contributed by atoms with Crippen molar-refractivity contribution in [3.63, 3.8) is 0 Å². The van der Waals surface area contributed by atoms with E-state index in [0.717, 1.165) is 10.1 Å². The molecule has 2 aromatic carbocycles. The Balaban J connectivity index is 1.89. The molecule has 3 aromatic rings. The molecule has 8 heteroatoms. The van der Waals surface area contributed by atoms with Crippen molar-refractivity contribution in [2.24, 2.45) is 0 Å². The van der Waals surface area contributed by atoms with Crippen LogP contribution in [0.2, 0.25) is 0 Å². The molecule has 1 aliphatic rings. The highest BCUT2D eigenvalue weighted by Crippen LogP contribution is 2.25. The van der Waals surface area contributed by atoms with Crippen LogP contribution < -0.4 is 11.2 Å². The van der Waals surface area contributed by atoms with E-state index in [1.165, 1.54) is 31.6 Å². The summed E-state index contributed by atoms with van der Waals surface area (Å²) in [6.45, 7) is 0.0212. The first-order chi connectivity index (χ1) is 14.1. The molecule has 0 saturated carbocycles. The predicted molar refractivity (Wildman–Crippen MR) is 104 cm³/mol. The smallest absolute Gasteiger partial charge is 0.337 e. The monoisotopic (exact) mass is 394 g/mol. The second-order valence-electron chi connectivity index (χ2n) is 6.51. The van der Waals surface area contributed by atoms with Crippen LogP contribution in [0, 0.1) is 0 Å². The maximum Gasteiger partial charge on any atom is 0.337 e. The minimum absolute atomic E-state index is 0.0212. The van der Waals surface area contributed by atoms with Crippen LogP contribution in [0.5, 0.6) is 0 Å². The van der Waals surface area contributed by atoms with Crippen molar-refractivity contribution in [2.75, 3.05) is 13.9 Å². The number of methoxy groups -OCH3 is 1. The Bertz CT molecular complexity index is 1210. The zero-order valence-corrected chi connectivity index (χ0v) is 15.6. The van der Waals surface area contributed by atoms with Crippen LogP contribution in [-0.4, -0.2) is 29.4 Å². The number of esters is 1. The van der Waals surface area contributed by atoms with Crippen molar-refractivity contribution in [1.82, 2.24) is 9.55 Å². The lowest BCUT2D eigenvalue weighted by Gasteiger charge is -2.19. The molecule has 2 heterocycles. The van der Waals surface area contributed by atoms with Gasteiger partial charge >= 0.3 is 11.7 Å². The summed E-state index contributed by atoms with van der Waals surface area (Å²) in [7, 11) is 1.26. The van der Waals surface area contributed by atoms with Gasteiger partial charge in [0.1, 0.15) is 12.3 Å². The summed E-state index contributed by atoms with van der Waals surface area (Å²) < 4.78 is 16.5. The Morgan fingerprint density at radius 1 is 1.21 bits per heavy atom. The lowest BCUT2D eigenvalue weighted by molar-refractivity contribution is 0.0600. The number of ether oxygens (including phenoxy) is 3. The Hall–Kier alpha value is -3.81. The first kappa shape index (κ1) is 18.5. The van der Waals surface area contributed by atoms with Crippen LogP contribution in [0.1, 0.15) is 22.0 Å². The van der Waals surface area contributed by atoms with Crippen molar-refractivity contribution >= 4 is 16.9 Å².